The third kappa shape index (κ3) is 2.89. The van der Waals surface area contributed by atoms with Crippen LogP contribution in [0.1, 0.15) is 30.6 Å². The number of carbonyl (C=O) groups excluding carboxylic acids is 2. The van der Waals surface area contributed by atoms with Gasteiger partial charge >= 0.3 is 0 Å². The first-order valence-electron chi connectivity index (χ1n) is 5.14. The van der Waals surface area contributed by atoms with Crippen molar-refractivity contribution in [2.45, 2.75) is 26.3 Å². The molecule has 0 aliphatic carbocycles. The Morgan fingerprint density at radius 2 is 2.00 bits per heavy atom. The van der Waals surface area contributed by atoms with Crippen LogP contribution in [0.2, 0.25) is 0 Å². The third-order valence-corrected chi connectivity index (χ3v) is 2.30. The van der Waals surface area contributed by atoms with Crippen molar-refractivity contribution in [3.05, 3.63) is 35.6 Å². The molecule has 0 spiro atoms. The van der Waals surface area contributed by atoms with Gasteiger partial charge in [0.15, 0.2) is 5.78 Å². The van der Waals surface area contributed by atoms with E-state index in [0.717, 1.165) is 0 Å². The topological polar surface area (TPSA) is 46.2 Å². The minimum Gasteiger partial charge on any atom is -0.342 e. The Labute approximate surface area is 93.7 Å². The average Bonchev–Trinajstić information content (AvgIpc) is 2.28. The molecule has 0 aromatic heterocycles. The molecule has 0 saturated heterocycles. The van der Waals surface area contributed by atoms with Crippen LogP contribution in [0.15, 0.2) is 24.3 Å². The van der Waals surface area contributed by atoms with Gasteiger partial charge in [0, 0.05) is 6.42 Å². The quantitative estimate of drug-likeness (QED) is 0.847. The number of amides is 1. The van der Waals surface area contributed by atoms with Crippen LogP contribution in [0, 0.1) is 5.82 Å². The molecule has 1 amide bonds. The molecule has 0 radical (unpaired) electrons. The molecule has 0 saturated carbocycles. The largest absolute Gasteiger partial charge is 0.342 e. The van der Waals surface area contributed by atoms with E-state index in [9.17, 15) is 14.0 Å². The van der Waals surface area contributed by atoms with Crippen molar-refractivity contribution >= 4 is 11.7 Å². The maximum absolute atomic E-state index is 13.2. The minimum atomic E-state index is -0.587. The fourth-order valence-corrected chi connectivity index (χ4v) is 1.31. The highest BCUT2D eigenvalue weighted by molar-refractivity contribution is 5.97. The van der Waals surface area contributed by atoms with Gasteiger partial charge in [-0.25, -0.2) is 4.39 Å². The van der Waals surface area contributed by atoms with Crippen molar-refractivity contribution in [3.8, 4) is 0 Å². The lowest BCUT2D eigenvalue weighted by molar-refractivity contribution is -0.120. The molecule has 1 aromatic carbocycles. The summed E-state index contributed by atoms with van der Waals surface area (Å²) in [7, 11) is 0. The average molecular weight is 223 g/mol. The molecule has 16 heavy (non-hydrogen) atoms. The molecule has 0 aliphatic rings. The van der Waals surface area contributed by atoms with Gasteiger partial charge in [0.2, 0.25) is 0 Å². The summed E-state index contributed by atoms with van der Waals surface area (Å²) in [6, 6.07) is 5.09. The zero-order valence-electron chi connectivity index (χ0n) is 9.29. The highest BCUT2D eigenvalue weighted by Gasteiger charge is 2.16. The number of hydrogen-bond acceptors (Lipinski definition) is 2. The van der Waals surface area contributed by atoms with E-state index in [0.29, 0.717) is 6.42 Å². The second-order valence-corrected chi connectivity index (χ2v) is 3.49. The number of nitrogens with one attached hydrogen (secondary N) is 1. The zero-order valence-corrected chi connectivity index (χ0v) is 9.29. The van der Waals surface area contributed by atoms with Gasteiger partial charge in [0.25, 0.3) is 5.91 Å². The van der Waals surface area contributed by atoms with E-state index in [4.69, 9.17) is 0 Å². The second kappa shape index (κ2) is 5.39. The summed E-state index contributed by atoms with van der Waals surface area (Å²) < 4.78 is 13.2. The molecule has 3 nitrogen and oxygen atoms in total. The molecule has 0 bridgehead atoms. The maximum atomic E-state index is 13.2. The molecule has 86 valence electrons. The molecule has 1 rings (SSSR count). The van der Waals surface area contributed by atoms with Crippen molar-refractivity contribution in [3.63, 3.8) is 0 Å². The van der Waals surface area contributed by atoms with E-state index in [1.165, 1.54) is 18.2 Å². The SMILES string of the molecule is CCC(=O)C(C)NC(=O)c1ccccc1F. The molecule has 0 aliphatic heterocycles. The van der Waals surface area contributed by atoms with Gasteiger partial charge in [0.1, 0.15) is 5.82 Å². The van der Waals surface area contributed by atoms with Gasteiger partial charge in [-0.1, -0.05) is 19.1 Å². The molecule has 0 fully saturated rings. The molecular weight excluding hydrogens is 209 g/mol. The Balaban J connectivity index is 2.73. The fourth-order valence-electron chi connectivity index (χ4n) is 1.31. The zero-order chi connectivity index (χ0) is 12.1. The molecule has 1 aromatic rings. The summed E-state index contributed by atoms with van der Waals surface area (Å²) in [5.74, 6) is -1.23. The standard InChI is InChI=1S/C12H14FNO2/c1-3-11(15)8(2)14-12(16)9-6-4-5-7-10(9)13/h4-8H,3H2,1-2H3,(H,14,16). The lowest BCUT2D eigenvalue weighted by Crippen LogP contribution is -2.38. The first-order valence-corrected chi connectivity index (χ1v) is 5.14. The molecular formula is C12H14FNO2. The van der Waals surface area contributed by atoms with Crippen molar-refractivity contribution in [1.29, 1.82) is 0 Å². The van der Waals surface area contributed by atoms with Crippen LogP contribution in [0.25, 0.3) is 0 Å². The highest BCUT2D eigenvalue weighted by Crippen LogP contribution is 2.06. The van der Waals surface area contributed by atoms with Crippen LogP contribution < -0.4 is 5.32 Å². The lowest BCUT2D eigenvalue weighted by atomic mass is 10.1. The Morgan fingerprint density at radius 1 is 1.38 bits per heavy atom. The first-order chi connectivity index (χ1) is 7.56. The number of benzene rings is 1. The van der Waals surface area contributed by atoms with Gasteiger partial charge in [0.05, 0.1) is 11.6 Å². The van der Waals surface area contributed by atoms with Crippen LogP contribution in [0.4, 0.5) is 4.39 Å². The number of halogens is 1. The van der Waals surface area contributed by atoms with E-state index in [1.54, 1.807) is 19.9 Å². The van der Waals surface area contributed by atoms with Gasteiger partial charge in [-0.15, -0.1) is 0 Å². The number of hydrogen-bond donors (Lipinski definition) is 1. The Kier molecular flexibility index (Phi) is 4.17. The summed E-state index contributed by atoms with van der Waals surface area (Å²) >= 11 is 0. The number of rotatable bonds is 4. The Morgan fingerprint density at radius 3 is 2.56 bits per heavy atom. The monoisotopic (exact) mass is 223 g/mol. The van der Waals surface area contributed by atoms with Crippen molar-refractivity contribution in [2.24, 2.45) is 0 Å². The summed E-state index contributed by atoms with van der Waals surface area (Å²) in [6.07, 6.45) is 0.346. The predicted molar refractivity (Wildman–Crippen MR) is 58.6 cm³/mol. The van der Waals surface area contributed by atoms with Crippen LogP contribution in [-0.4, -0.2) is 17.7 Å². The fraction of sp³-hybridized carbons (Fsp3) is 0.333. The molecule has 1 atom stereocenters. The number of Topliss-reactive ketones (excluding diaryl/α,β-unsaturated/α-hetero) is 1. The van der Waals surface area contributed by atoms with Gasteiger partial charge in [-0.3, -0.25) is 9.59 Å². The van der Waals surface area contributed by atoms with Crippen LogP contribution in [-0.2, 0) is 4.79 Å². The molecule has 4 heteroatoms. The summed E-state index contributed by atoms with van der Waals surface area (Å²) in [5.41, 5.74) is -0.0433. The highest BCUT2D eigenvalue weighted by atomic mass is 19.1. The molecule has 1 N–H and O–H groups in total. The van der Waals surface area contributed by atoms with Crippen LogP contribution in [0.5, 0.6) is 0 Å². The molecule has 0 heterocycles. The number of carbonyl (C=O) groups is 2. The van der Waals surface area contributed by atoms with E-state index in [2.05, 4.69) is 5.32 Å². The summed E-state index contributed by atoms with van der Waals surface area (Å²) in [4.78, 5) is 22.8. The van der Waals surface area contributed by atoms with E-state index < -0.39 is 17.8 Å². The Hall–Kier alpha value is -1.71. The van der Waals surface area contributed by atoms with Crippen molar-refractivity contribution in [1.82, 2.24) is 5.32 Å². The Bertz CT molecular complexity index is 404. The smallest absolute Gasteiger partial charge is 0.254 e. The van der Waals surface area contributed by atoms with Crippen LogP contribution in [0.3, 0.4) is 0 Å². The van der Waals surface area contributed by atoms with Gasteiger partial charge < -0.3 is 5.32 Å². The summed E-state index contributed by atoms with van der Waals surface area (Å²) in [5, 5.41) is 2.46. The lowest BCUT2D eigenvalue weighted by Gasteiger charge is -2.11. The maximum Gasteiger partial charge on any atom is 0.254 e. The third-order valence-electron chi connectivity index (χ3n) is 2.30. The predicted octanol–water partition coefficient (Wildman–Crippen LogP) is 1.92. The van der Waals surface area contributed by atoms with Crippen molar-refractivity contribution < 1.29 is 14.0 Å². The summed E-state index contributed by atoms with van der Waals surface area (Å²) in [6.45, 7) is 3.30. The first kappa shape index (κ1) is 12.4. The van der Waals surface area contributed by atoms with E-state index in [-0.39, 0.29) is 11.3 Å². The second-order valence-electron chi connectivity index (χ2n) is 3.49. The van der Waals surface area contributed by atoms with E-state index in [1.807, 2.05) is 0 Å². The van der Waals surface area contributed by atoms with E-state index >= 15 is 0 Å². The van der Waals surface area contributed by atoms with Crippen LogP contribution >= 0.6 is 0 Å². The van der Waals surface area contributed by atoms with Gasteiger partial charge in [-0.2, -0.15) is 0 Å². The minimum absolute atomic E-state index is 0.0433. The number of ketones is 1. The van der Waals surface area contributed by atoms with Gasteiger partial charge in [-0.05, 0) is 19.1 Å². The molecule has 1 unspecified atom stereocenters. The van der Waals surface area contributed by atoms with Crippen molar-refractivity contribution in [2.75, 3.05) is 0 Å². The normalized spacial score (nSPS) is 11.9.